The number of carbonyl (C=O) groups is 3. The number of amides is 3. The summed E-state index contributed by atoms with van der Waals surface area (Å²) in [5, 5.41) is 7.13. The number of ether oxygens (including phenoxy) is 1. The van der Waals surface area contributed by atoms with E-state index in [0.717, 1.165) is 10.8 Å². The molecule has 0 aliphatic rings. The van der Waals surface area contributed by atoms with Crippen LogP contribution in [0.5, 0.6) is 5.75 Å². The van der Waals surface area contributed by atoms with Gasteiger partial charge in [0, 0.05) is 17.8 Å². The van der Waals surface area contributed by atoms with Gasteiger partial charge >= 0.3 is 0 Å². The van der Waals surface area contributed by atoms with Gasteiger partial charge in [-0.05, 0) is 47.0 Å². The van der Waals surface area contributed by atoms with Crippen molar-refractivity contribution in [1.82, 2.24) is 10.2 Å². The third kappa shape index (κ3) is 6.55. The summed E-state index contributed by atoms with van der Waals surface area (Å²) in [6, 6.07) is 20.1. The Labute approximate surface area is 193 Å². The molecule has 172 valence electrons. The molecule has 3 aromatic carbocycles. The third-order valence-corrected chi connectivity index (χ3v) is 5.05. The molecule has 33 heavy (non-hydrogen) atoms. The first kappa shape index (κ1) is 23.8. The first-order valence-corrected chi connectivity index (χ1v) is 10.8. The Morgan fingerprint density at radius 2 is 1.61 bits per heavy atom. The Morgan fingerprint density at radius 3 is 2.30 bits per heavy atom. The Hall–Kier alpha value is -3.87. The summed E-state index contributed by atoms with van der Waals surface area (Å²) < 4.78 is 5.09. The van der Waals surface area contributed by atoms with Crippen LogP contribution in [0.15, 0.2) is 66.7 Å². The topological polar surface area (TPSA) is 87.7 Å². The fourth-order valence-corrected chi connectivity index (χ4v) is 3.53. The van der Waals surface area contributed by atoms with Crippen molar-refractivity contribution in [1.29, 1.82) is 0 Å². The fraction of sp³-hybridized carbons (Fsp3) is 0.269. The molecule has 3 aromatic rings. The second-order valence-electron chi connectivity index (χ2n) is 8.16. The van der Waals surface area contributed by atoms with Crippen molar-refractivity contribution in [3.05, 3.63) is 72.3 Å². The molecule has 0 aromatic heterocycles. The zero-order valence-electron chi connectivity index (χ0n) is 19.1. The first-order chi connectivity index (χ1) is 15.9. The molecular weight excluding hydrogens is 418 g/mol. The van der Waals surface area contributed by atoms with E-state index in [0.29, 0.717) is 23.5 Å². The average molecular weight is 448 g/mol. The average Bonchev–Trinajstić information content (AvgIpc) is 2.81. The second kappa shape index (κ2) is 11.1. The van der Waals surface area contributed by atoms with Crippen molar-refractivity contribution < 1.29 is 19.1 Å². The molecule has 0 aliphatic heterocycles. The van der Waals surface area contributed by atoms with E-state index < -0.39 is 5.91 Å². The fourth-order valence-electron chi connectivity index (χ4n) is 3.53. The number of nitrogens with one attached hydrogen (secondary N) is 2. The molecule has 3 rings (SSSR count). The molecule has 0 fully saturated rings. The van der Waals surface area contributed by atoms with E-state index >= 15 is 0 Å². The number of anilines is 1. The van der Waals surface area contributed by atoms with Gasteiger partial charge in [0.15, 0.2) is 0 Å². The second-order valence-corrected chi connectivity index (χ2v) is 8.16. The van der Waals surface area contributed by atoms with Gasteiger partial charge < -0.3 is 20.3 Å². The van der Waals surface area contributed by atoms with Gasteiger partial charge in [-0.3, -0.25) is 14.4 Å². The Bertz CT molecular complexity index is 1120. The molecule has 0 saturated heterocycles. The SMILES string of the molecule is COc1ccc(NC(=O)CNC(=O)CN(CC(C)C)C(=O)c2cccc3ccccc23)cc1. The van der Waals surface area contributed by atoms with E-state index in [9.17, 15) is 14.4 Å². The van der Waals surface area contributed by atoms with Gasteiger partial charge in [0.05, 0.1) is 20.2 Å². The van der Waals surface area contributed by atoms with E-state index in [1.165, 1.54) is 4.90 Å². The molecule has 7 nitrogen and oxygen atoms in total. The molecule has 0 radical (unpaired) electrons. The van der Waals surface area contributed by atoms with E-state index in [4.69, 9.17) is 4.74 Å². The highest BCUT2D eigenvalue weighted by Crippen LogP contribution is 2.20. The Morgan fingerprint density at radius 1 is 0.909 bits per heavy atom. The van der Waals surface area contributed by atoms with Gasteiger partial charge in [-0.2, -0.15) is 0 Å². The lowest BCUT2D eigenvalue weighted by Gasteiger charge is -2.24. The number of benzene rings is 3. The van der Waals surface area contributed by atoms with Gasteiger partial charge in [-0.1, -0.05) is 50.2 Å². The van der Waals surface area contributed by atoms with Crippen molar-refractivity contribution in [3.63, 3.8) is 0 Å². The van der Waals surface area contributed by atoms with Crippen molar-refractivity contribution >= 4 is 34.2 Å². The zero-order valence-corrected chi connectivity index (χ0v) is 19.1. The van der Waals surface area contributed by atoms with Crippen molar-refractivity contribution in [3.8, 4) is 5.75 Å². The van der Waals surface area contributed by atoms with Crippen LogP contribution in [0.3, 0.4) is 0 Å². The number of hydrogen-bond donors (Lipinski definition) is 2. The van der Waals surface area contributed by atoms with Crippen molar-refractivity contribution in [2.75, 3.05) is 32.1 Å². The lowest BCUT2D eigenvalue weighted by molar-refractivity contribution is -0.124. The molecule has 2 N–H and O–H groups in total. The van der Waals surface area contributed by atoms with Gasteiger partial charge in [0.2, 0.25) is 11.8 Å². The molecule has 0 bridgehead atoms. The molecule has 0 heterocycles. The highest BCUT2D eigenvalue weighted by molar-refractivity contribution is 6.08. The predicted molar refractivity (Wildman–Crippen MR) is 129 cm³/mol. The largest absolute Gasteiger partial charge is 0.497 e. The summed E-state index contributed by atoms with van der Waals surface area (Å²) in [5.74, 6) is -0.103. The summed E-state index contributed by atoms with van der Waals surface area (Å²) >= 11 is 0. The minimum Gasteiger partial charge on any atom is -0.497 e. The molecule has 0 aliphatic carbocycles. The number of carbonyl (C=O) groups excluding carboxylic acids is 3. The highest BCUT2D eigenvalue weighted by atomic mass is 16.5. The van der Waals surface area contributed by atoms with Crippen LogP contribution < -0.4 is 15.4 Å². The Balaban J connectivity index is 1.62. The van der Waals surface area contributed by atoms with Crippen LogP contribution >= 0.6 is 0 Å². The van der Waals surface area contributed by atoms with Crippen LogP contribution in [-0.4, -0.2) is 49.4 Å². The van der Waals surface area contributed by atoms with Crippen LogP contribution in [0, 0.1) is 5.92 Å². The lowest BCUT2D eigenvalue weighted by atomic mass is 10.0. The summed E-state index contributed by atoms with van der Waals surface area (Å²) in [6.45, 7) is 4.08. The number of hydrogen-bond acceptors (Lipinski definition) is 4. The van der Waals surface area contributed by atoms with Crippen molar-refractivity contribution in [2.45, 2.75) is 13.8 Å². The molecule has 0 atom stereocenters. The van der Waals surface area contributed by atoms with Gasteiger partial charge in [-0.15, -0.1) is 0 Å². The van der Waals surface area contributed by atoms with Crippen LogP contribution in [-0.2, 0) is 9.59 Å². The summed E-state index contributed by atoms with van der Waals surface area (Å²) in [5.41, 5.74) is 1.15. The predicted octanol–water partition coefficient (Wildman–Crippen LogP) is 3.70. The van der Waals surface area contributed by atoms with Crippen molar-refractivity contribution in [2.24, 2.45) is 5.92 Å². The smallest absolute Gasteiger partial charge is 0.254 e. The van der Waals surface area contributed by atoms with Gasteiger partial charge in [0.25, 0.3) is 5.91 Å². The summed E-state index contributed by atoms with van der Waals surface area (Å²) in [6.07, 6.45) is 0. The standard InChI is InChI=1S/C26H29N3O4/c1-18(2)16-29(26(32)23-10-6-8-19-7-4-5-9-22(19)23)17-25(31)27-15-24(30)28-20-11-13-21(33-3)14-12-20/h4-14,18H,15-17H2,1-3H3,(H,27,31)(H,28,30). The number of fused-ring (bicyclic) bond motifs is 1. The maximum Gasteiger partial charge on any atom is 0.254 e. The molecule has 0 unspecified atom stereocenters. The van der Waals surface area contributed by atoms with Crippen LogP contribution in [0.2, 0.25) is 0 Å². The number of nitrogens with zero attached hydrogens (tertiary/aromatic N) is 1. The molecular formula is C26H29N3O4. The maximum absolute atomic E-state index is 13.3. The van der Waals surface area contributed by atoms with Gasteiger partial charge in [-0.25, -0.2) is 0 Å². The normalized spacial score (nSPS) is 10.7. The highest BCUT2D eigenvalue weighted by Gasteiger charge is 2.21. The minimum absolute atomic E-state index is 0.129. The van der Waals surface area contributed by atoms with Crippen LogP contribution in [0.1, 0.15) is 24.2 Å². The molecule has 0 spiro atoms. The first-order valence-electron chi connectivity index (χ1n) is 10.8. The van der Waals surface area contributed by atoms with E-state index in [1.54, 1.807) is 37.4 Å². The number of methoxy groups -OCH3 is 1. The molecule has 3 amide bonds. The minimum atomic E-state index is -0.394. The van der Waals surface area contributed by atoms with Crippen LogP contribution in [0.25, 0.3) is 10.8 Å². The molecule has 0 saturated carbocycles. The summed E-state index contributed by atoms with van der Waals surface area (Å²) in [4.78, 5) is 39.6. The quantitative estimate of drug-likeness (QED) is 0.524. The number of rotatable bonds is 9. The van der Waals surface area contributed by atoms with E-state index in [1.807, 2.05) is 50.2 Å². The molecule has 7 heteroatoms. The summed E-state index contributed by atoms with van der Waals surface area (Å²) in [7, 11) is 1.57. The third-order valence-electron chi connectivity index (χ3n) is 5.05. The Kier molecular flexibility index (Phi) is 8.02. The lowest BCUT2D eigenvalue weighted by Crippen LogP contribution is -2.44. The zero-order chi connectivity index (χ0) is 23.8. The van der Waals surface area contributed by atoms with Gasteiger partial charge in [0.1, 0.15) is 5.75 Å². The van der Waals surface area contributed by atoms with E-state index in [2.05, 4.69) is 10.6 Å². The van der Waals surface area contributed by atoms with Crippen LogP contribution in [0.4, 0.5) is 5.69 Å². The monoisotopic (exact) mass is 447 g/mol. The van der Waals surface area contributed by atoms with E-state index in [-0.39, 0.29) is 30.8 Å². The maximum atomic E-state index is 13.3.